The molecule has 1 heterocycles. The quantitative estimate of drug-likeness (QED) is 0.657. The maximum Gasteiger partial charge on any atom is 0.255 e. The molecule has 32 heavy (non-hydrogen) atoms. The van der Waals surface area contributed by atoms with Gasteiger partial charge in [-0.2, -0.15) is 4.31 Å². The fourth-order valence-electron chi connectivity index (χ4n) is 3.62. The Morgan fingerprint density at radius 2 is 1.75 bits per heavy atom. The van der Waals surface area contributed by atoms with Crippen molar-refractivity contribution in [1.29, 1.82) is 0 Å². The third-order valence-corrected chi connectivity index (χ3v) is 7.57. The number of nitrogens with zero attached hydrogens (tertiary/aromatic N) is 2. The van der Waals surface area contributed by atoms with E-state index >= 15 is 0 Å². The van der Waals surface area contributed by atoms with Crippen molar-refractivity contribution >= 4 is 33.2 Å². The van der Waals surface area contributed by atoms with Crippen molar-refractivity contribution in [3.63, 3.8) is 0 Å². The van der Waals surface area contributed by atoms with Crippen LogP contribution in [0.3, 0.4) is 0 Å². The van der Waals surface area contributed by atoms with Gasteiger partial charge in [-0.15, -0.1) is 0 Å². The molecule has 3 rings (SSSR count). The van der Waals surface area contributed by atoms with Gasteiger partial charge in [-0.05, 0) is 70.3 Å². The Kier molecular flexibility index (Phi) is 7.95. The van der Waals surface area contributed by atoms with Crippen LogP contribution in [0.25, 0.3) is 0 Å². The normalized spacial score (nSPS) is 19.8. The third-order valence-electron chi connectivity index (χ3n) is 5.26. The molecule has 0 aromatic heterocycles. The van der Waals surface area contributed by atoms with Crippen LogP contribution in [-0.4, -0.2) is 69.5 Å². The number of hydrogen-bond donors (Lipinski definition) is 1. The summed E-state index contributed by atoms with van der Waals surface area (Å²) in [6.07, 6.45) is 0.470. The number of ether oxygens (including phenoxy) is 1. The number of benzene rings is 2. The van der Waals surface area contributed by atoms with Crippen molar-refractivity contribution in [2.45, 2.75) is 37.4 Å². The third kappa shape index (κ3) is 6.08. The Morgan fingerprint density at radius 1 is 1.12 bits per heavy atom. The molecule has 9 heteroatoms. The highest BCUT2D eigenvalue weighted by Crippen LogP contribution is 2.28. The molecule has 0 saturated carbocycles. The molecule has 1 amide bonds. The second-order valence-corrected chi connectivity index (χ2v) is 10.7. The number of halogens is 1. The van der Waals surface area contributed by atoms with Gasteiger partial charge in [0.05, 0.1) is 17.2 Å². The molecule has 0 bridgehead atoms. The second kappa shape index (κ2) is 10.3. The van der Waals surface area contributed by atoms with Crippen LogP contribution < -0.4 is 5.32 Å². The van der Waals surface area contributed by atoms with Crippen LogP contribution in [0.1, 0.15) is 29.8 Å². The Labute approximate surface area is 195 Å². The topological polar surface area (TPSA) is 79.0 Å². The van der Waals surface area contributed by atoms with Crippen LogP contribution >= 0.6 is 11.6 Å². The molecule has 7 nitrogen and oxygen atoms in total. The van der Waals surface area contributed by atoms with Gasteiger partial charge < -0.3 is 15.0 Å². The van der Waals surface area contributed by atoms with Gasteiger partial charge in [-0.3, -0.25) is 4.79 Å². The first-order valence-corrected chi connectivity index (χ1v) is 12.4. The second-order valence-electron chi connectivity index (χ2n) is 8.43. The van der Waals surface area contributed by atoms with E-state index in [1.165, 1.54) is 28.1 Å². The number of carbonyl (C=O) groups excluding carboxylic acids is 1. The fourth-order valence-corrected chi connectivity index (χ4v) is 5.71. The lowest BCUT2D eigenvalue weighted by Gasteiger charge is -2.34. The van der Waals surface area contributed by atoms with E-state index < -0.39 is 15.9 Å². The van der Waals surface area contributed by atoms with Gasteiger partial charge in [-0.25, -0.2) is 8.42 Å². The largest absolute Gasteiger partial charge is 0.373 e. The van der Waals surface area contributed by atoms with Gasteiger partial charge in [0, 0.05) is 30.9 Å². The molecule has 0 spiro atoms. The van der Waals surface area contributed by atoms with E-state index in [9.17, 15) is 13.2 Å². The minimum absolute atomic E-state index is 0.0767. The average Bonchev–Trinajstić information content (AvgIpc) is 2.72. The zero-order valence-corrected chi connectivity index (χ0v) is 20.4. The number of likely N-dealkylation sites (N-methyl/N-ethyl adjacent to an activating group) is 1. The first-order valence-electron chi connectivity index (χ1n) is 10.6. The van der Waals surface area contributed by atoms with Gasteiger partial charge in [0.1, 0.15) is 4.90 Å². The summed E-state index contributed by atoms with van der Waals surface area (Å²) < 4.78 is 33.5. The summed E-state index contributed by atoms with van der Waals surface area (Å²) >= 11 is 6.23. The Morgan fingerprint density at radius 3 is 2.34 bits per heavy atom. The molecule has 2 unspecified atom stereocenters. The Hall–Kier alpha value is -1.97. The fraction of sp³-hybridized carbons (Fsp3) is 0.435. The van der Waals surface area contributed by atoms with E-state index in [0.717, 1.165) is 13.0 Å². The van der Waals surface area contributed by atoms with Gasteiger partial charge in [0.15, 0.2) is 0 Å². The van der Waals surface area contributed by atoms with Crippen molar-refractivity contribution in [3.8, 4) is 0 Å². The van der Waals surface area contributed by atoms with Crippen LogP contribution in [0.2, 0.25) is 5.02 Å². The van der Waals surface area contributed by atoms with Crippen molar-refractivity contribution in [2.75, 3.05) is 39.0 Å². The lowest BCUT2D eigenvalue weighted by Crippen LogP contribution is -2.48. The number of morpholine rings is 1. The molecule has 0 aliphatic carbocycles. The summed E-state index contributed by atoms with van der Waals surface area (Å²) in [5.74, 6) is -0.400. The summed E-state index contributed by atoms with van der Waals surface area (Å²) in [5.41, 5.74) is 2.03. The number of nitrogens with one attached hydrogen (secondary N) is 1. The minimum atomic E-state index is -3.87. The monoisotopic (exact) mass is 479 g/mol. The summed E-state index contributed by atoms with van der Waals surface area (Å²) in [7, 11) is 0.177. The van der Waals surface area contributed by atoms with Crippen LogP contribution in [0.4, 0.5) is 5.69 Å². The van der Waals surface area contributed by atoms with Crippen molar-refractivity contribution < 1.29 is 17.9 Å². The summed E-state index contributed by atoms with van der Waals surface area (Å²) in [6.45, 7) is 5.07. The van der Waals surface area contributed by atoms with E-state index in [-0.39, 0.29) is 40.8 Å². The van der Waals surface area contributed by atoms with Gasteiger partial charge >= 0.3 is 0 Å². The number of hydrogen-bond acceptors (Lipinski definition) is 5. The van der Waals surface area contributed by atoms with Crippen LogP contribution in [0, 0.1) is 0 Å². The Balaban J connectivity index is 1.77. The predicted molar refractivity (Wildman–Crippen MR) is 127 cm³/mol. The molecule has 0 radical (unpaired) electrons. The molecule has 1 aliphatic rings. The molecule has 1 saturated heterocycles. The van der Waals surface area contributed by atoms with Crippen LogP contribution in [0.5, 0.6) is 0 Å². The standard InChI is InChI=1S/C23H30ClN3O4S/c1-16-14-27(15-17(2)31-16)32(29,30)22-13-19(7-10-21(22)24)23(28)25-20-8-5-18(6-9-20)11-12-26(3)4/h5-10,13,16-17H,11-12,14-15H2,1-4H3,(H,25,28). The average molecular weight is 480 g/mol. The van der Waals surface area contributed by atoms with E-state index in [0.29, 0.717) is 5.69 Å². The first kappa shape index (κ1) is 24.7. The maximum atomic E-state index is 13.2. The van der Waals surface area contributed by atoms with Gasteiger partial charge in [-0.1, -0.05) is 23.7 Å². The van der Waals surface area contributed by atoms with E-state index in [1.807, 2.05) is 52.2 Å². The number of carbonyl (C=O) groups is 1. The highest BCUT2D eigenvalue weighted by atomic mass is 35.5. The van der Waals surface area contributed by atoms with Crippen LogP contribution in [-0.2, 0) is 21.2 Å². The first-order chi connectivity index (χ1) is 15.1. The molecule has 1 fully saturated rings. The number of sulfonamides is 1. The molecule has 2 aromatic carbocycles. The van der Waals surface area contributed by atoms with Crippen molar-refractivity contribution in [1.82, 2.24) is 9.21 Å². The molecule has 1 aliphatic heterocycles. The lowest BCUT2D eigenvalue weighted by molar-refractivity contribution is -0.0440. The smallest absolute Gasteiger partial charge is 0.255 e. The van der Waals surface area contributed by atoms with Crippen molar-refractivity contribution in [2.24, 2.45) is 0 Å². The molecule has 1 N–H and O–H groups in total. The minimum Gasteiger partial charge on any atom is -0.373 e. The van der Waals surface area contributed by atoms with E-state index in [4.69, 9.17) is 16.3 Å². The summed E-state index contributed by atoms with van der Waals surface area (Å²) in [6, 6.07) is 11.9. The zero-order chi connectivity index (χ0) is 23.5. The number of amides is 1. The van der Waals surface area contributed by atoms with Crippen LogP contribution in [0.15, 0.2) is 47.4 Å². The maximum absolute atomic E-state index is 13.2. The summed E-state index contributed by atoms with van der Waals surface area (Å²) in [5, 5.41) is 2.90. The number of rotatable bonds is 7. The van der Waals surface area contributed by atoms with Gasteiger partial charge in [0.25, 0.3) is 5.91 Å². The SMILES string of the molecule is CC1CN(S(=O)(=O)c2cc(C(=O)Nc3ccc(CCN(C)C)cc3)ccc2Cl)CC(C)O1. The van der Waals surface area contributed by atoms with Crippen molar-refractivity contribution in [3.05, 3.63) is 58.6 Å². The zero-order valence-electron chi connectivity index (χ0n) is 18.8. The molecular weight excluding hydrogens is 450 g/mol. The lowest BCUT2D eigenvalue weighted by atomic mass is 10.1. The van der Waals surface area contributed by atoms with E-state index in [2.05, 4.69) is 10.2 Å². The molecule has 2 aromatic rings. The molecular formula is C23H30ClN3O4S. The molecule has 174 valence electrons. The van der Waals surface area contributed by atoms with Gasteiger partial charge in [0.2, 0.25) is 10.0 Å². The highest BCUT2D eigenvalue weighted by molar-refractivity contribution is 7.89. The summed E-state index contributed by atoms with van der Waals surface area (Å²) in [4.78, 5) is 14.8. The number of anilines is 1. The molecule has 2 atom stereocenters. The highest BCUT2D eigenvalue weighted by Gasteiger charge is 2.33. The Bertz CT molecular complexity index is 1050. The van der Waals surface area contributed by atoms with E-state index in [1.54, 1.807) is 0 Å². The predicted octanol–water partition coefficient (Wildman–Crippen LogP) is 3.49.